The summed E-state index contributed by atoms with van der Waals surface area (Å²) >= 11 is 0. The lowest BCUT2D eigenvalue weighted by Gasteiger charge is -2.47. The van der Waals surface area contributed by atoms with Crippen LogP contribution in [0.2, 0.25) is 0 Å². The van der Waals surface area contributed by atoms with E-state index in [1.54, 1.807) is 0 Å². The normalized spacial score (nSPS) is 19.1. The molecule has 0 fully saturated rings. The Bertz CT molecular complexity index is 3830. The highest BCUT2D eigenvalue weighted by molar-refractivity contribution is 6.94. The van der Waals surface area contributed by atoms with Gasteiger partial charge in [-0.05, 0) is 162 Å². The first kappa shape index (κ1) is 43.5. The van der Waals surface area contributed by atoms with Gasteiger partial charge in [-0.1, -0.05) is 163 Å². The molecule has 5 aliphatic rings. The third-order valence-corrected chi connectivity index (χ3v) is 19.0. The molecule has 2 aromatic heterocycles. The molecular weight excluding hydrogens is 860 g/mol. The summed E-state index contributed by atoms with van der Waals surface area (Å²) in [7, 11) is 0. The zero-order valence-electron chi connectivity index (χ0n) is 44.3. The summed E-state index contributed by atoms with van der Waals surface area (Å²) in [5, 5.41) is 3.93. The van der Waals surface area contributed by atoms with Crippen LogP contribution >= 0.6 is 0 Å². The fourth-order valence-corrected chi connectivity index (χ4v) is 14.7. The van der Waals surface area contributed by atoms with Gasteiger partial charge in [-0.15, -0.1) is 0 Å². The second-order valence-corrected chi connectivity index (χ2v) is 26.6. The van der Waals surface area contributed by atoms with Crippen LogP contribution in [0.15, 0.2) is 126 Å². The van der Waals surface area contributed by atoms with Gasteiger partial charge in [-0.3, -0.25) is 0 Å². The van der Waals surface area contributed by atoms with E-state index in [4.69, 9.17) is 4.42 Å². The van der Waals surface area contributed by atoms with Crippen LogP contribution in [-0.2, 0) is 32.5 Å². The van der Waals surface area contributed by atoms with Gasteiger partial charge in [0.1, 0.15) is 11.3 Å². The third-order valence-electron chi connectivity index (χ3n) is 19.0. The molecule has 4 heterocycles. The van der Waals surface area contributed by atoms with Crippen molar-refractivity contribution in [2.75, 3.05) is 4.81 Å². The number of benzene rings is 7. The molecule has 354 valence electrons. The molecule has 14 rings (SSSR count). The van der Waals surface area contributed by atoms with Crippen LogP contribution in [-0.4, -0.2) is 11.4 Å². The van der Waals surface area contributed by atoms with Gasteiger partial charge in [0.2, 0.25) is 0 Å². The van der Waals surface area contributed by atoms with E-state index in [2.05, 4.69) is 221 Å². The van der Waals surface area contributed by atoms with Gasteiger partial charge in [0.25, 0.3) is 0 Å². The van der Waals surface area contributed by atoms with Crippen molar-refractivity contribution < 1.29 is 4.42 Å². The molecule has 71 heavy (non-hydrogen) atoms. The first-order chi connectivity index (χ1) is 33.6. The van der Waals surface area contributed by atoms with E-state index in [1.807, 2.05) is 0 Å². The largest absolute Gasteiger partial charge is 0.456 e. The Hall–Kier alpha value is -6.26. The molecular formula is C67H67BN2O. The fraction of sp³-hybridized carbons (Fsp3) is 0.343. The van der Waals surface area contributed by atoms with E-state index in [1.165, 1.54) is 117 Å². The molecule has 0 bridgehead atoms. The van der Waals surface area contributed by atoms with Crippen LogP contribution in [0.4, 0.5) is 11.4 Å². The van der Waals surface area contributed by atoms with E-state index in [0.717, 1.165) is 41.6 Å². The van der Waals surface area contributed by atoms with Crippen LogP contribution in [0, 0.1) is 0 Å². The summed E-state index contributed by atoms with van der Waals surface area (Å²) in [4.78, 5) is 2.78. The molecule has 0 radical (unpaired) electrons. The summed E-state index contributed by atoms with van der Waals surface area (Å²) in [6.07, 6.45) is 4.66. The second kappa shape index (κ2) is 13.6. The minimum Gasteiger partial charge on any atom is -0.456 e. The average Bonchev–Trinajstić information content (AvgIpc) is 3.98. The van der Waals surface area contributed by atoms with Crippen molar-refractivity contribution >= 4 is 61.9 Å². The Morgan fingerprint density at radius 2 is 1.15 bits per heavy atom. The number of rotatable bonds is 2. The van der Waals surface area contributed by atoms with Gasteiger partial charge in [0, 0.05) is 55.8 Å². The Morgan fingerprint density at radius 1 is 0.549 bits per heavy atom. The minimum atomic E-state index is -0.258. The molecule has 2 aliphatic heterocycles. The highest BCUT2D eigenvalue weighted by Gasteiger charge is 2.52. The molecule has 0 atom stereocenters. The SMILES string of the molecule is CC(C)(C)c1ccc(N2B3c4cc5cc(-c6ccccc6)oc5cc4-n4c5cc6c(cc5c5c7c(c(c3c54)-c3cc4c(cc32)C(C)(C)CCC4(C)C)-c2ccccc2C7(C)C)C(C)(C)CCC6(C)C)cc1. The van der Waals surface area contributed by atoms with Crippen LogP contribution < -0.4 is 15.7 Å². The monoisotopic (exact) mass is 927 g/mol. The number of aromatic nitrogens is 1. The molecule has 0 N–H and O–H groups in total. The maximum absolute atomic E-state index is 6.99. The number of hydrogen-bond donors (Lipinski definition) is 0. The van der Waals surface area contributed by atoms with Gasteiger partial charge < -0.3 is 13.8 Å². The fourth-order valence-electron chi connectivity index (χ4n) is 14.7. The molecule has 9 aromatic rings. The Labute approximate surface area is 421 Å². The molecule has 0 saturated heterocycles. The number of hydrogen-bond acceptors (Lipinski definition) is 2. The highest BCUT2D eigenvalue weighted by atomic mass is 16.3. The van der Waals surface area contributed by atoms with Gasteiger partial charge >= 0.3 is 6.85 Å². The van der Waals surface area contributed by atoms with E-state index in [0.29, 0.717) is 0 Å². The summed E-state index contributed by atoms with van der Waals surface area (Å²) < 4.78 is 9.72. The van der Waals surface area contributed by atoms with Gasteiger partial charge in [-0.25, -0.2) is 0 Å². The van der Waals surface area contributed by atoms with Crippen molar-refractivity contribution in [1.29, 1.82) is 0 Å². The predicted molar refractivity (Wildman–Crippen MR) is 302 cm³/mol. The molecule has 0 saturated carbocycles. The van der Waals surface area contributed by atoms with Gasteiger partial charge in [0.05, 0.1) is 11.0 Å². The lowest BCUT2D eigenvalue weighted by molar-refractivity contribution is 0.332. The minimum absolute atomic E-state index is 0.0244. The van der Waals surface area contributed by atoms with E-state index in [-0.39, 0.29) is 39.3 Å². The summed E-state index contributed by atoms with van der Waals surface area (Å²) in [6, 6.07) is 47.6. The molecule has 0 unspecified atom stereocenters. The van der Waals surface area contributed by atoms with Crippen LogP contribution in [0.1, 0.15) is 155 Å². The third kappa shape index (κ3) is 5.69. The van der Waals surface area contributed by atoms with E-state index < -0.39 is 0 Å². The van der Waals surface area contributed by atoms with Crippen molar-refractivity contribution in [3.63, 3.8) is 0 Å². The van der Waals surface area contributed by atoms with Gasteiger partial charge in [0.15, 0.2) is 0 Å². The van der Waals surface area contributed by atoms with Crippen molar-refractivity contribution in [2.45, 2.75) is 148 Å². The molecule has 0 amide bonds. The Morgan fingerprint density at radius 3 is 1.82 bits per heavy atom. The second-order valence-electron chi connectivity index (χ2n) is 26.6. The topological polar surface area (TPSA) is 21.3 Å². The Balaban J connectivity index is 1.23. The highest BCUT2D eigenvalue weighted by Crippen LogP contribution is 2.61. The molecule has 7 aromatic carbocycles. The summed E-state index contributed by atoms with van der Waals surface area (Å²) in [5.41, 5.74) is 26.9. The maximum Gasteiger partial charge on any atom is 0.333 e. The predicted octanol–water partition coefficient (Wildman–Crippen LogP) is 16.7. The van der Waals surface area contributed by atoms with Crippen molar-refractivity contribution in [3.8, 4) is 39.3 Å². The Kier molecular flexibility index (Phi) is 8.35. The quantitative estimate of drug-likeness (QED) is 0.161. The zero-order chi connectivity index (χ0) is 49.3. The summed E-state index contributed by atoms with van der Waals surface area (Å²) in [6.45, 7) is 31.8. The van der Waals surface area contributed by atoms with E-state index >= 15 is 0 Å². The van der Waals surface area contributed by atoms with Gasteiger partial charge in [-0.2, -0.15) is 0 Å². The smallest absolute Gasteiger partial charge is 0.333 e. The number of fused-ring (bicyclic) bond motifs is 16. The lowest BCUT2D eigenvalue weighted by Crippen LogP contribution is -2.61. The first-order valence-corrected chi connectivity index (χ1v) is 26.6. The van der Waals surface area contributed by atoms with Crippen LogP contribution in [0.5, 0.6) is 0 Å². The number of nitrogens with zero attached hydrogens (tertiary/aromatic N) is 2. The van der Waals surface area contributed by atoms with Crippen molar-refractivity contribution in [3.05, 3.63) is 160 Å². The number of anilines is 2. The number of furan rings is 1. The molecule has 4 heteroatoms. The van der Waals surface area contributed by atoms with Crippen molar-refractivity contribution in [1.82, 2.24) is 4.57 Å². The molecule has 0 spiro atoms. The summed E-state index contributed by atoms with van der Waals surface area (Å²) in [5.74, 6) is 0.902. The average molecular weight is 927 g/mol. The van der Waals surface area contributed by atoms with Crippen molar-refractivity contribution in [2.24, 2.45) is 0 Å². The standard InChI is InChI=1S/C67H67BN2O/c1-62(2,3)40-23-25-41(26-24-40)70-52-36-49-47(64(6,7)28-30-66(49,10)11)34-44(52)57-56-42-21-17-18-22-45(42)67(12,13)59(56)58-43-33-46-48(65(8,9)29-27-63(46,4)5)35-51(43)69-53-37-55-39(31-50(53)68(70)60(57)61(58)69)32-54(71-55)38-19-15-14-16-20-38/h14-26,31-37H,27-30H2,1-13H3. The van der Waals surface area contributed by atoms with Crippen LogP contribution in [0.3, 0.4) is 0 Å². The lowest BCUT2D eigenvalue weighted by atomic mass is 9.43. The molecule has 3 nitrogen and oxygen atoms in total. The first-order valence-electron chi connectivity index (χ1n) is 26.6. The van der Waals surface area contributed by atoms with Crippen LogP contribution in [0.25, 0.3) is 72.0 Å². The zero-order valence-corrected chi connectivity index (χ0v) is 44.3. The van der Waals surface area contributed by atoms with E-state index in [9.17, 15) is 0 Å². The molecule has 3 aliphatic carbocycles. The maximum atomic E-state index is 6.99.